The highest BCUT2D eigenvalue weighted by atomic mass is 79.9. The van der Waals surface area contributed by atoms with Gasteiger partial charge in [0.25, 0.3) is 11.1 Å². The third kappa shape index (κ3) is 5.21. The Morgan fingerprint density at radius 3 is 2.62 bits per heavy atom. The summed E-state index contributed by atoms with van der Waals surface area (Å²) < 4.78 is 11.8. The van der Waals surface area contributed by atoms with Crippen LogP contribution in [0.2, 0.25) is 0 Å². The molecule has 1 N–H and O–H groups in total. The minimum absolute atomic E-state index is 0.0985. The number of halogens is 1. The number of rotatable bonds is 8. The number of methoxy groups -OCH3 is 1. The lowest BCUT2D eigenvalue weighted by atomic mass is 10.2. The van der Waals surface area contributed by atoms with Gasteiger partial charge in [-0.2, -0.15) is 0 Å². The van der Waals surface area contributed by atoms with Gasteiger partial charge >= 0.3 is 0 Å². The number of nitrogens with zero attached hydrogens (tertiary/aromatic N) is 1. The lowest BCUT2D eigenvalue weighted by Crippen LogP contribution is -2.33. The molecule has 6 nitrogen and oxygen atoms in total. The van der Waals surface area contributed by atoms with Gasteiger partial charge in [0.1, 0.15) is 6.61 Å². The molecule has 2 amide bonds. The van der Waals surface area contributed by atoms with Gasteiger partial charge in [-0.15, -0.1) is 0 Å². The van der Waals surface area contributed by atoms with Gasteiger partial charge in [0.05, 0.1) is 18.7 Å². The van der Waals surface area contributed by atoms with E-state index in [4.69, 9.17) is 9.47 Å². The quantitative estimate of drug-likeness (QED) is 0.422. The molecule has 1 aliphatic rings. The van der Waals surface area contributed by atoms with E-state index in [2.05, 4.69) is 27.8 Å². The van der Waals surface area contributed by atoms with Crippen LogP contribution in [0.3, 0.4) is 0 Å². The fourth-order valence-electron chi connectivity index (χ4n) is 2.57. The molecule has 1 saturated heterocycles. The highest BCUT2D eigenvalue weighted by Crippen LogP contribution is 2.34. The highest BCUT2D eigenvalue weighted by Gasteiger charge is 2.34. The molecule has 0 radical (unpaired) electrons. The second kappa shape index (κ2) is 9.67. The highest BCUT2D eigenvalue weighted by molar-refractivity contribution is 9.10. The normalized spacial score (nSPS) is 15.0. The van der Waals surface area contributed by atoms with Crippen LogP contribution in [0.5, 0.6) is 11.5 Å². The van der Waals surface area contributed by atoms with Crippen molar-refractivity contribution < 1.29 is 19.1 Å². The number of imide groups is 1. The van der Waals surface area contributed by atoms with E-state index in [1.54, 1.807) is 37.5 Å². The third-order valence-electron chi connectivity index (χ3n) is 4.00. The molecule has 0 unspecified atom stereocenters. The molecule has 1 heterocycles. The second-order valence-corrected chi connectivity index (χ2v) is 7.87. The van der Waals surface area contributed by atoms with Gasteiger partial charge in [-0.3, -0.25) is 14.5 Å². The van der Waals surface area contributed by atoms with E-state index in [1.165, 1.54) is 4.90 Å². The Balaban J connectivity index is 1.71. The molecule has 1 aliphatic heterocycles. The van der Waals surface area contributed by atoms with Crippen LogP contribution in [0.4, 0.5) is 10.5 Å². The molecule has 0 atom stereocenters. The summed E-state index contributed by atoms with van der Waals surface area (Å²) in [5.74, 6) is 0.781. The molecule has 1 fully saturated rings. The topological polar surface area (TPSA) is 67.9 Å². The first-order valence-corrected chi connectivity index (χ1v) is 10.3. The Kier molecular flexibility index (Phi) is 7.00. The molecule has 8 heteroatoms. The van der Waals surface area contributed by atoms with E-state index in [1.807, 2.05) is 24.3 Å². The average molecular weight is 475 g/mol. The Morgan fingerprint density at radius 2 is 1.93 bits per heavy atom. The van der Waals surface area contributed by atoms with Gasteiger partial charge in [0.2, 0.25) is 0 Å². The van der Waals surface area contributed by atoms with Crippen LogP contribution in [-0.4, -0.2) is 36.4 Å². The maximum atomic E-state index is 12.7. The third-order valence-corrected chi connectivity index (χ3v) is 5.44. The smallest absolute Gasteiger partial charge is 0.295 e. The Morgan fingerprint density at radius 1 is 1.17 bits per heavy atom. The Bertz CT molecular complexity index is 960. The number of ether oxygens (including phenoxy) is 2. The lowest BCUT2D eigenvalue weighted by Gasteiger charge is -2.14. The fraction of sp³-hybridized carbons (Fsp3) is 0.143. The summed E-state index contributed by atoms with van der Waals surface area (Å²) in [6, 6.07) is 12.8. The van der Waals surface area contributed by atoms with Crippen LogP contribution in [0.15, 0.2) is 64.5 Å². The summed E-state index contributed by atoms with van der Waals surface area (Å²) in [5.41, 5.74) is 1.55. The zero-order valence-electron chi connectivity index (χ0n) is 15.7. The minimum atomic E-state index is -0.337. The first-order chi connectivity index (χ1) is 14.0. The van der Waals surface area contributed by atoms with E-state index < -0.39 is 0 Å². The van der Waals surface area contributed by atoms with Gasteiger partial charge in [0, 0.05) is 10.2 Å². The number of carbonyl (C=O) groups is 2. The standard InChI is InChI=1S/C21H19BrN2O4S/c1-3-10-28-17-9-4-14(11-18(17)27-2)12-19-20(25)24(21(26)29-19)13-23-16-7-5-15(22)6-8-16/h3-9,11-12,23H,1,10,13H2,2H3/b19-12+. The number of hydrogen-bond acceptors (Lipinski definition) is 6. The predicted molar refractivity (Wildman–Crippen MR) is 119 cm³/mol. The molecule has 0 aliphatic carbocycles. The van der Waals surface area contributed by atoms with Crippen molar-refractivity contribution in [3.63, 3.8) is 0 Å². The zero-order chi connectivity index (χ0) is 20.8. The van der Waals surface area contributed by atoms with Gasteiger partial charge < -0.3 is 14.8 Å². The van der Waals surface area contributed by atoms with Crippen molar-refractivity contribution in [2.75, 3.05) is 25.7 Å². The molecule has 0 saturated carbocycles. The van der Waals surface area contributed by atoms with E-state index in [-0.39, 0.29) is 17.8 Å². The van der Waals surface area contributed by atoms with Crippen LogP contribution >= 0.6 is 27.7 Å². The van der Waals surface area contributed by atoms with Gasteiger partial charge in [0.15, 0.2) is 11.5 Å². The molecular weight excluding hydrogens is 456 g/mol. The van der Waals surface area contributed by atoms with Gasteiger partial charge in [-0.05, 0) is 59.8 Å². The monoisotopic (exact) mass is 474 g/mol. The molecule has 0 spiro atoms. The number of nitrogens with one attached hydrogen (secondary N) is 1. The number of hydrogen-bond donors (Lipinski definition) is 1. The maximum Gasteiger partial charge on any atom is 0.295 e. The van der Waals surface area contributed by atoms with Crippen molar-refractivity contribution >= 4 is 50.6 Å². The summed E-state index contributed by atoms with van der Waals surface area (Å²) in [4.78, 5) is 26.5. The summed E-state index contributed by atoms with van der Waals surface area (Å²) in [6.45, 7) is 4.08. The molecule has 0 bridgehead atoms. The van der Waals surface area contributed by atoms with Crippen molar-refractivity contribution in [3.05, 3.63) is 70.1 Å². The largest absolute Gasteiger partial charge is 0.493 e. The van der Waals surface area contributed by atoms with E-state index >= 15 is 0 Å². The van der Waals surface area contributed by atoms with Gasteiger partial charge in [-0.1, -0.05) is 34.7 Å². The lowest BCUT2D eigenvalue weighted by molar-refractivity contribution is -0.122. The second-order valence-electron chi connectivity index (χ2n) is 5.96. The molecule has 150 valence electrons. The van der Waals surface area contributed by atoms with Crippen molar-refractivity contribution in [2.24, 2.45) is 0 Å². The molecule has 0 aromatic heterocycles. The van der Waals surface area contributed by atoms with Crippen molar-refractivity contribution in [1.29, 1.82) is 0 Å². The molecule has 3 rings (SSSR count). The predicted octanol–water partition coefficient (Wildman–Crippen LogP) is 5.13. The molecule has 2 aromatic carbocycles. The molecule has 2 aromatic rings. The van der Waals surface area contributed by atoms with E-state index in [0.717, 1.165) is 27.5 Å². The number of carbonyl (C=O) groups excluding carboxylic acids is 2. The summed E-state index contributed by atoms with van der Waals surface area (Å²) in [6.07, 6.45) is 3.32. The fourth-order valence-corrected chi connectivity index (χ4v) is 3.67. The zero-order valence-corrected chi connectivity index (χ0v) is 18.1. The van der Waals surface area contributed by atoms with Gasteiger partial charge in [-0.25, -0.2) is 0 Å². The first-order valence-electron chi connectivity index (χ1n) is 8.68. The number of amides is 2. The van der Waals surface area contributed by atoms with Crippen molar-refractivity contribution in [3.8, 4) is 11.5 Å². The summed E-state index contributed by atoms with van der Waals surface area (Å²) in [5, 5.41) is 2.77. The SMILES string of the molecule is C=CCOc1ccc(/C=C2/SC(=O)N(CNc3ccc(Br)cc3)C2=O)cc1OC. The first kappa shape index (κ1) is 21.0. The molecule has 29 heavy (non-hydrogen) atoms. The summed E-state index contributed by atoms with van der Waals surface area (Å²) in [7, 11) is 1.54. The van der Waals surface area contributed by atoms with E-state index in [9.17, 15) is 9.59 Å². The van der Waals surface area contributed by atoms with Crippen LogP contribution in [0.25, 0.3) is 6.08 Å². The number of benzene rings is 2. The van der Waals surface area contributed by atoms with Crippen LogP contribution < -0.4 is 14.8 Å². The summed E-state index contributed by atoms with van der Waals surface area (Å²) >= 11 is 4.28. The average Bonchev–Trinajstić information content (AvgIpc) is 2.99. The van der Waals surface area contributed by atoms with Crippen molar-refractivity contribution in [1.82, 2.24) is 4.90 Å². The molecular formula is C21H19BrN2O4S. The Labute approximate surface area is 181 Å². The van der Waals surface area contributed by atoms with Crippen LogP contribution in [0, 0.1) is 0 Å². The number of anilines is 1. The minimum Gasteiger partial charge on any atom is -0.493 e. The van der Waals surface area contributed by atoms with Crippen LogP contribution in [0.1, 0.15) is 5.56 Å². The van der Waals surface area contributed by atoms with E-state index in [0.29, 0.717) is 23.0 Å². The number of thioether (sulfide) groups is 1. The van der Waals surface area contributed by atoms with Crippen LogP contribution in [-0.2, 0) is 4.79 Å². The Hall–Kier alpha value is -2.71. The maximum absolute atomic E-state index is 12.7. The van der Waals surface area contributed by atoms with Crippen molar-refractivity contribution in [2.45, 2.75) is 0 Å².